The molecule has 3 rings (SSSR count). The highest BCUT2D eigenvalue weighted by Gasteiger charge is 2.09. The van der Waals surface area contributed by atoms with Crippen molar-refractivity contribution in [1.82, 2.24) is 25.6 Å². The number of hydrogen-bond acceptors (Lipinski definition) is 13. The van der Waals surface area contributed by atoms with E-state index in [2.05, 4.69) is 58.5 Å². The zero-order chi connectivity index (χ0) is 35.5. The molecule has 0 fully saturated rings. The summed E-state index contributed by atoms with van der Waals surface area (Å²) in [6.45, 7) is 7.38. The van der Waals surface area contributed by atoms with Crippen molar-refractivity contribution in [3.63, 3.8) is 0 Å². The third-order valence-corrected chi connectivity index (χ3v) is 6.62. The zero-order valence-corrected chi connectivity index (χ0v) is 28.4. The second-order valence-corrected chi connectivity index (χ2v) is 10.5. The first kappa shape index (κ1) is 39.4. The van der Waals surface area contributed by atoms with Gasteiger partial charge in [-0.25, -0.2) is 0 Å². The van der Waals surface area contributed by atoms with Gasteiger partial charge in [-0.15, -0.1) is 0 Å². The van der Waals surface area contributed by atoms with Crippen molar-refractivity contribution in [2.24, 2.45) is 5.11 Å². The molecule has 3 aromatic rings. The molecular weight excluding hydrogens is 646 g/mol. The maximum absolute atomic E-state index is 12.5. The molecule has 1 aromatic heterocycles. The van der Waals surface area contributed by atoms with E-state index in [4.69, 9.17) is 24.5 Å². The number of ether oxygens (including phenoxy) is 4. The topological polar surface area (TPSA) is 219 Å². The number of nitrogens with zero attached hydrogens (tertiary/aromatic N) is 6. The summed E-state index contributed by atoms with van der Waals surface area (Å²) >= 11 is 0. The van der Waals surface area contributed by atoms with E-state index in [1.807, 2.05) is 18.2 Å². The Kier molecular flexibility index (Phi) is 19.7. The summed E-state index contributed by atoms with van der Waals surface area (Å²) in [6, 6.07) is 16.0. The molecule has 0 bridgehead atoms. The van der Waals surface area contributed by atoms with Gasteiger partial charge in [-0.2, -0.15) is 15.0 Å². The number of anilines is 4. The van der Waals surface area contributed by atoms with Crippen LogP contribution in [-0.2, 0) is 18.9 Å². The molecule has 2 aromatic carbocycles. The normalized spacial score (nSPS) is 10.6. The van der Waals surface area contributed by atoms with Crippen molar-refractivity contribution in [2.75, 3.05) is 102 Å². The van der Waals surface area contributed by atoms with Crippen LogP contribution >= 0.6 is 0 Å². The lowest BCUT2D eigenvalue weighted by molar-refractivity contribution is 0.0511. The Bertz CT molecular complexity index is 1440. The number of nitrogens with one attached hydrogen (secondary N) is 5. The highest BCUT2D eigenvalue weighted by atomic mass is 16.5. The molecule has 0 aliphatic carbocycles. The molecule has 0 unspecified atom stereocenters. The summed E-state index contributed by atoms with van der Waals surface area (Å²) < 4.78 is 21.9. The van der Waals surface area contributed by atoms with Gasteiger partial charge < -0.3 is 45.5 Å². The molecule has 0 atom stereocenters. The molecule has 0 saturated heterocycles. The van der Waals surface area contributed by atoms with Crippen molar-refractivity contribution in [1.29, 1.82) is 0 Å². The standard InChI is InChI=1S/C33H47N11O6/c1-2-3-13-37-31-41-32(38-16-20-49-23-22-47-18-14-35-29(45)26-7-5-4-6-8-26)43-33(42-31)40-28-11-9-27(10-12-28)30(46)36-15-19-48-24-25-50-21-17-39-44-34/h4-12H,2-3,13-25H2,1H3,(H,35,45)(H,36,46)(H3,37,38,40,41,42,43). The minimum absolute atomic E-state index is 0.130. The summed E-state index contributed by atoms with van der Waals surface area (Å²) in [6.07, 6.45) is 2.00. The lowest BCUT2D eigenvalue weighted by Crippen LogP contribution is -2.27. The van der Waals surface area contributed by atoms with Crippen LogP contribution in [0.3, 0.4) is 0 Å². The Morgan fingerprint density at radius 1 is 0.660 bits per heavy atom. The molecule has 17 heteroatoms. The predicted octanol–water partition coefficient (Wildman–Crippen LogP) is 3.78. The molecule has 270 valence electrons. The number of carbonyl (C=O) groups is 2. The van der Waals surface area contributed by atoms with E-state index in [-0.39, 0.29) is 18.4 Å². The smallest absolute Gasteiger partial charge is 0.251 e. The van der Waals surface area contributed by atoms with Crippen molar-refractivity contribution < 1.29 is 28.5 Å². The van der Waals surface area contributed by atoms with E-state index in [1.165, 1.54) is 0 Å². The average Bonchev–Trinajstić information content (AvgIpc) is 3.13. The molecular formula is C33H47N11O6. The number of unbranched alkanes of at least 4 members (excludes halogenated alkanes) is 1. The molecule has 1 heterocycles. The largest absolute Gasteiger partial charge is 0.379 e. The minimum Gasteiger partial charge on any atom is -0.379 e. The van der Waals surface area contributed by atoms with Gasteiger partial charge in [-0.1, -0.05) is 36.7 Å². The maximum atomic E-state index is 12.5. The molecule has 0 radical (unpaired) electrons. The Morgan fingerprint density at radius 3 is 1.76 bits per heavy atom. The summed E-state index contributed by atoms with van der Waals surface area (Å²) in [5, 5.41) is 18.6. The van der Waals surface area contributed by atoms with E-state index in [9.17, 15) is 9.59 Å². The fraction of sp³-hybridized carbons (Fsp3) is 0.485. The zero-order valence-electron chi connectivity index (χ0n) is 28.4. The van der Waals surface area contributed by atoms with E-state index in [0.717, 1.165) is 19.4 Å². The Balaban J connectivity index is 1.35. The van der Waals surface area contributed by atoms with Crippen LogP contribution in [0.1, 0.15) is 40.5 Å². The van der Waals surface area contributed by atoms with Crippen LogP contribution in [0.2, 0.25) is 0 Å². The first-order valence-corrected chi connectivity index (χ1v) is 16.6. The molecule has 0 aliphatic rings. The van der Waals surface area contributed by atoms with Crippen molar-refractivity contribution >= 4 is 35.3 Å². The third-order valence-electron chi connectivity index (χ3n) is 6.62. The van der Waals surface area contributed by atoms with Crippen LogP contribution in [0.4, 0.5) is 23.5 Å². The third kappa shape index (κ3) is 16.9. The van der Waals surface area contributed by atoms with Gasteiger partial charge in [0.2, 0.25) is 17.8 Å². The number of carbonyl (C=O) groups excluding carboxylic acids is 2. The highest BCUT2D eigenvalue weighted by molar-refractivity contribution is 5.94. The highest BCUT2D eigenvalue weighted by Crippen LogP contribution is 2.17. The summed E-state index contributed by atoms with van der Waals surface area (Å²) in [4.78, 5) is 40.7. The maximum Gasteiger partial charge on any atom is 0.251 e. The van der Waals surface area contributed by atoms with Crippen LogP contribution in [-0.4, -0.2) is 112 Å². The van der Waals surface area contributed by atoms with E-state index >= 15 is 0 Å². The first-order valence-electron chi connectivity index (χ1n) is 16.6. The SMILES string of the molecule is CCCCNc1nc(NCCOCCOCCNC(=O)c2ccccc2)nc(Nc2ccc(C(=O)NCCOCCOCCN=[N+]=[N-])cc2)n1. The molecule has 0 saturated carbocycles. The van der Waals surface area contributed by atoms with Crippen LogP contribution in [0.15, 0.2) is 59.7 Å². The van der Waals surface area contributed by atoms with Gasteiger partial charge in [0.05, 0.1) is 52.9 Å². The Hall–Kier alpha value is -5.06. The Morgan fingerprint density at radius 2 is 1.18 bits per heavy atom. The predicted molar refractivity (Wildman–Crippen MR) is 190 cm³/mol. The number of hydrogen-bond donors (Lipinski definition) is 5. The van der Waals surface area contributed by atoms with E-state index in [0.29, 0.717) is 107 Å². The monoisotopic (exact) mass is 693 g/mol. The number of rotatable bonds is 27. The van der Waals surface area contributed by atoms with Gasteiger partial charge in [-0.05, 0) is 48.4 Å². The second-order valence-electron chi connectivity index (χ2n) is 10.5. The summed E-state index contributed by atoms with van der Waals surface area (Å²) in [7, 11) is 0. The van der Waals surface area contributed by atoms with E-state index < -0.39 is 0 Å². The molecule has 2 amide bonds. The number of benzene rings is 2. The van der Waals surface area contributed by atoms with Gasteiger partial charge >= 0.3 is 0 Å². The number of amides is 2. The average molecular weight is 694 g/mol. The van der Waals surface area contributed by atoms with E-state index in [1.54, 1.807) is 36.4 Å². The van der Waals surface area contributed by atoms with Crippen LogP contribution in [0, 0.1) is 0 Å². The van der Waals surface area contributed by atoms with Crippen LogP contribution in [0.5, 0.6) is 0 Å². The van der Waals surface area contributed by atoms with Gasteiger partial charge in [0.25, 0.3) is 11.8 Å². The lowest BCUT2D eigenvalue weighted by atomic mass is 10.2. The lowest BCUT2D eigenvalue weighted by Gasteiger charge is -2.12. The molecule has 50 heavy (non-hydrogen) atoms. The Labute approximate surface area is 291 Å². The minimum atomic E-state index is -0.221. The summed E-state index contributed by atoms with van der Waals surface area (Å²) in [5.41, 5.74) is 10.0. The second kappa shape index (κ2) is 25.0. The van der Waals surface area contributed by atoms with Gasteiger partial charge in [0, 0.05) is 54.4 Å². The fourth-order valence-electron chi connectivity index (χ4n) is 4.10. The number of aromatic nitrogens is 3. The molecule has 0 spiro atoms. The van der Waals surface area contributed by atoms with Crippen molar-refractivity contribution in [2.45, 2.75) is 19.8 Å². The summed E-state index contributed by atoms with van der Waals surface area (Å²) in [5.74, 6) is 0.806. The van der Waals surface area contributed by atoms with Crippen LogP contribution in [0.25, 0.3) is 10.4 Å². The van der Waals surface area contributed by atoms with Crippen molar-refractivity contribution in [3.8, 4) is 0 Å². The fourth-order valence-corrected chi connectivity index (χ4v) is 4.10. The number of azide groups is 1. The molecule has 0 aliphatic heterocycles. The molecule has 17 nitrogen and oxygen atoms in total. The van der Waals surface area contributed by atoms with Crippen LogP contribution < -0.4 is 26.6 Å². The van der Waals surface area contributed by atoms with Gasteiger partial charge in [-0.3, -0.25) is 9.59 Å². The van der Waals surface area contributed by atoms with Crippen molar-refractivity contribution in [3.05, 3.63) is 76.2 Å². The quantitative estimate of drug-likeness (QED) is 0.0334. The van der Waals surface area contributed by atoms with Gasteiger partial charge in [0.1, 0.15) is 0 Å². The first-order chi connectivity index (χ1) is 24.6. The van der Waals surface area contributed by atoms with Gasteiger partial charge in [0.15, 0.2) is 0 Å². The molecule has 5 N–H and O–H groups in total.